The molecule has 1 aliphatic rings. The molecule has 4 nitrogen and oxygen atoms in total. The molecule has 0 spiro atoms. The van der Waals surface area contributed by atoms with Crippen LogP contribution in [0.15, 0.2) is 0 Å². The molecule has 2 unspecified atom stereocenters. The summed E-state index contributed by atoms with van der Waals surface area (Å²) in [7, 11) is -3.08. The van der Waals surface area contributed by atoms with Crippen molar-refractivity contribution in [2.75, 3.05) is 18.8 Å². The average molecular weight is 262 g/mol. The van der Waals surface area contributed by atoms with E-state index in [0.717, 1.165) is 32.1 Å². The minimum Gasteiger partial charge on any atom is -0.330 e. The molecule has 1 saturated carbocycles. The summed E-state index contributed by atoms with van der Waals surface area (Å²) >= 11 is 0. The van der Waals surface area contributed by atoms with Gasteiger partial charge in [0.1, 0.15) is 0 Å². The Bertz CT molecular complexity index is 316. The monoisotopic (exact) mass is 262 g/mol. The van der Waals surface area contributed by atoms with Crippen LogP contribution in [0, 0.1) is 5.92 Å². The molecule has 5 heteroatoms. The molecular weight excluding hydrogens is 236 g/mol. The number of rotatable bonds is 7. The number of nitrogens with two attached hydrogens (primary N) is 1. The van der Waals surface area contributed by atoms with Gasteiger partial charge in [-0.3, -0.25) is 0 Å². The third-order valence-corrected chi connectivity index (χ3v) is 5.76. The molecule has 2 N–H and O–H groups in total. The van der Waals surface area contributed by atoms with E-state index in [4.69, 9.17) is 5.73 Å². The Kier molecular flexibility index (Phi) is 5.89. The molecule has 0 aromatic rings. The van der Waals surface area contributed by atoms with E-state index in [9.17, 15) is 8.42 Å². The van der Waals surface area contributed by atoms with Gasteiger partial charge >= 0.3 is 0 Å². The van der Waals surface area contributed by atoms with Gasteiger partial charge in [0.25, 0.3) is 0 Å². The molecule has 0 amide bonds. The van der Waals surface area contributed by atoms with E-state index in [1.807, 2.05) is 13.8 Å². The van der Waals surface area contributed by atoms with E-state index in [2.05, 4.69) is 0 Å². The molecule has 0 heterocycles. The van der Waals surface area contributed by atoms with Crippen molar-refractivity contribution in [2.45, 2.75) is 52.0 Å². The maximum Gasteiger partial charge on any atom is 0.214 e. The first-order valence-electron chi connectivity index (χ1n) is 6.76. The summed E-state index contributed by atoms with van der Waals surface area (Å²) in [5, 5.41) is 0. The summed E-state index contributed by atoms with van der Waals surface area (Å²) in [6.07, 6.45) is 4.81. The molecule has 17 heavy (non-hydrogen) atoms. The Morgan fingerprint density at radius 2 is 2.00 bits per heavy atom. The minimum atomic E-state index is -3.08. The average Bonchev–Trinajstić information content (AvgIpc) is 2.75. The standard InChI is InChI=1S/C12H26N2O2S/c1-3-5-9-17(15,16)14(4-2)12-8-6-7-11(12)10-13/h11-12H,3-10,13H2,1-2H3. The molecule has 0 bridgehead atoms. The predicted octanol–water partition coefficient (Wildman–Crippen LogP) is 1.57. The SMILES string of the molecule is CCCCS(=O)(=O)N(CC)C1CCCC1CN. The summed E-state index contributed by atoms with van der Waals surface area (Å²) in [5.74, 6) is 0.636. The van der Waals surface area contributed by atoms with Gasteiger partial charge in [-0.2, -0.15) is 4.31 Å². The first-order valence-corrected chi connectivity index (χ1v) is 8.37. The summed E-state index contributed by atoms with van der Waals surface area (Å²) in [5.41, 5.74) is 5.74. The van der Waals surface area contributed by atoms with Gasteiger partial charge in [-0.05, 0) is 31.7 Å². The van der Waals surface area contributed by atoms with Crippen molar-refractivity contribution in [1.29, 1.82) is 0 Å². The number of nitrogens with zero attached hydrogens (tertiary/aromatic N) is 1. The van der Waals surface area contributed by atoms with Gasteiger partial charge in [0, 0.05) is 12.6 Å². The zero-order valence-corrected chi connectivity index (χ0v) is 11.9. The van der Waals surface area contributed by atoms with E-state index < -0.39 is 10.0 Å². The van der Waals surface area contributed by atoms with Crippen LogP contribution in [-0.2, 0) is 10.0 Å². The normalized spacial score (nSPS) is 25.6. The minimum absolute atomic E-state index is 0.145. The van der Waals surface area contributed by atoms with E-state index in [1.165, 1.54) is 0 Å². The highest BCUT2D eigenvalue weighted by atomic mass is 32.2. The zero-order valence-electron chi connectivity index (χ0n) is 11.1. The third kappa shape index (κ3) is 3.66. The van der Waals surface area contributed by atoms with E-state index >= 15 is 0 Å². The molecule has 1 fully saturated rings. The van der Waals surface area contributed by atoms with E-state index in [-0.39, 0.29) is 11.8 Å². The van der Waals surface area contributed by atoms with Crippen molar-refractivity contribution >= 4 is 10.0 Å². The maximum atomic E-state index is 12.3. The van der Waals surface area contributed by atoms with Gasteiger partial charge in [0.05, 0.1) is 5.75 Å². The second-order valence-electron chi connectivity index (χ2n) is 4.87. The lowest BCUT2D eigenvalue weighted by molar-refractivity contribution is 0.276. The van der Waals surface area contributed by atoms with Gasteiger partial charge < -0.3 is 5.73 Å². The molecule has 1 aliphatic carbocycles. The molecule has 1 rings (SSSR count). The van der Waals surface area contributed by atoms with Crippen LogP contribution in [0.4, 0.5) is 0 Å². The van der Waals surface area contributed by atoms with Crippen molar-refractivity contribution < 1.29 is 8.42 Å². The van der Waals surface area contributed by atoms with Gasteiger partial charge in [0.2, 0.25) is 10.0 Å². The van der Waals surface area contributed by atoms with Crippen LogP contribution in [0.2, 0.25) is 0 Å². The van der Waals surface area contributed by atoms with Crippen LogP contribution in [0.3, 0.4) is 0 Å². The Morgan fingerprint density at radius 3 is 2.53 bits per heavy atom. The fourth-order valence-corrected chi connectivity index (χ4v) is 4.72. The Balaban J connectivity index is 2.76. The van der Waals surface area contributed by atoms with Crippen molar-refractivity contribution in [2.24, 2.45) is 11.7 Å². The number of unbranched alkanes of at least 4 members (excludes halogenated alkanes) is 1. The van der Waals surface area contributed by atoms with Crippen LogP contribution >= 0.6 is 0 Å². The highest BCUT2D eigenvalue weighted by Gasteiger charge is 2.36. The quantitative estimate of drug-likeness (QED) is 0.757. The van der Waals surface area contributed by atoms with Crippen molar-refractivity contribution in [3.05, 3.63) is 0 Å². The van der Waals surface area contributed by atoms with Crippen LogP contribution in [-0.4, -0.2) is 37.6 Å². The molecule has 2 atom stereocenters. The van der Waals surface area contributed by atoms with E-state index in [0.29, 0.717) is 19.0 Å². The summed E-state index contributed by atoms with van der Waals surface area (Å²) in [4.78, 5) is 0. The second-order valence-corrected chi connectivity index (χ2v) is 6.91. The first-order chi connectivity index (χ1) is 8.06. The van der Waals surface area contributed by atoms with E-state index in [1.54, 1.807) is 4.31 Å². The van der Waals surface area contributed by atoms with Crippen molar-refractivity contribution in [3.63, 3.8) is 0 Å². The van der Waals surface area contributed by atoms with Crippen molar-refractivity contribution in [3.8, 4) is 0 Å². The fourth-order valence-electron chi connectivity index (χ4n) is 2.75. The Hall–Kier alpha value is -0.130. The Morgan fingerprint density at radius 1 is 1.29 bits per heavy atom. The van der Waals surface area contributed by atoms with Gasteiger partial charge in [-0.1, -0.05) is 26.7 Å². The predicted molar refractivity (Wildman–Crippen MR) is 71.3 cm³/mol. The van der Waals surface area contributed by atoms with Crippen LogP contribution in [0.1, 0.15) is 46.0 Å². The highest BCUT2D eigenvalue weighted by molar-refractivity contribution is 7.89. The largest absolute Gasteiger partial charge is 0.330 e. The van der Waals surface area contributed by atoms with Crippen LogP contribution in [0.5, 0.6) is 0 Å². The topological polar surface area (TPSA) is 63.4 Å². The maximum absolute atomic E-state index is 12.3. The lowest BCUT2D eigenvalue weighted by Gasteiger charge is -2.30. The first kappa shape index (κ1) is 14.9. The molecule has 102 valence electrons. The van der Waals surface area contributed by atoms with Gasteiger partial charge in [-0.25, -0.2) is 8.42 Å². The second kappa shape index (κ2) is 6.71. The summed E-state index contributed by atoms with van der Waals surface area (Å²) in [6.45, 7) is 5.12. The lowest BCUT2D eigenvalue weighted by Crippen LogP contribution is -2.44. The number of hydrogen-bond donors (Lipinski definition) is 1. The summed E-state index contributed by atoms with van der Waals surface area (Å²) in [6, 6.07) is 0.145. The number of sulfonamides is 1. The summed E-state index contributed by atoms with van der Waals surface area (Å²) < 4.78 is 26.2. The molecule has 0 radical (unpaired) electrons. The third-order valence-electron chi connectivity index (χ3n) is 3.72. The lowest BCUT2D eigenvalue weighted by atomic mass is 10.0. The van der Waals surface area contributed by atoms with Gasteiger partial charge in [-0.15, -0.1) is 0 Å². The zero-order chi connectivity index (χ0) is 12.9. The van der Waals surface area contributed by atoms with Gasteiger partial charge in [0.15, 0.2) is 0 Å². The smallest absolute Gasteiger partial charge is 0.214 e. The van der Waals surface area contributed by atoms with Crippen molar-refractivity contribution in [1.82, 2.24) is 4.31 Å². The molecule has 0 aliphatic heterocycles. The molecule has 0 aromatic carbocycles. The molecular formula is C12H26N2O2S. The Labute approximate surface area is 106 Å². The van der Waals surface area contributed by atoms with Crippen LogP contribution in [0.25, 0.3) is 0 Å². The molecule has 0 aromatic heterocycles. The fraction of sp³-hybridized carbons (Fsp3) is 1.00. The molecule has 0 saturated heterocycles. The highest BCUT2D eigenvalue weighted by Crippen LogP contribution is 2.31. The van der Waals surface area contributed by atoms with Crippen LogP contribution < -0.4 is 5.73 Å². The number of hydrogen-bond acceptors (Lipinski definition) is 3.